The number of hydrogen-bond acceptors (Lipinski definition) is 7. The molecule has 0 spiro atoms. The number of carbonyl (C=O) groups excluding carboxylic acids is 1. The van der Waals surface area contributed by atoms with Crippen LogP contribution in [0.4, 0.5) is 5.82 Å². The average molecular weight is 475 g/mol. The van der Waals surface area contributed by atoms with Crippen molar-refractivity contribution in [1.29, 1.82) is 0 Å². The molecule has 0 bridgehead atoms. The summed E-state index contributed by atoms with van der Waals surface area (Å²) in [6.45, 7) is 12.1. The number of esters is 1. The molecule has 7 heteroatoms. The second-order valence-electron chi connectivity index (χ2n) is 9.93. The molecule has 0 saturated carbocycles. The van der Waals surface area contributed by atoms with E-state index in [0.29, 0.717) is 0 Å². The summed E-state index contributed by atoms with van der Waals surface area (Å²) in [6, 6.07) is 17.5. The zero-order valence-corrected chi connectivity index (χ0v) is 21.0. The highest BCUT2D eigenvalue weighted by Gasteiger charge is 2.22. The van der Waals surface area contributed by atoms with Gasteiger partial charge in [-0.15, -0.1) is 10.2 Å². The third kappa shape index (κ3) is 6.36. The molecular formula is C28H34N4O3. The van der Waals surface area contributed by atoms with Crippen molar-refractivity contribution in [1.82, 2.24) is 15.1 Å². The second kappa shape index (κ2) is 10.4. The van der Waals surface area contributed by atoms with E-state index in [0.717, 1.165) is 56.1 Å². The van der Waals surface area contributed by atoms with E-state index in [1.54, 1.807) is 18.2 Å². The molecule has 7 nitrogen and oxygen atoms in total. The number of aromatic nitrogens is 2. The zero-order chi connectivity index (χ0) is 25.0. The monoisotopic (exact) mass is 474 g/mol. The van der Waals surface area contributed by atoms with Crippen LogP contribution in [0.2, 0.25) is 0 Å². The van der Waals surface area contributed by atoms with E-state index in [2.05, 4.69) is 45.1 Å². The fourth-order valence-corrected chi connectivity index (χ4v) is 4.28. The standard InChI is InChI=1S/C28H34N4O3/c1-5-20-17-22(21-7-6-8-24(33)18-21)9-10-23(20)19-31-13-15-32(16-14-31)26-12-11-25(29-30-26)27(34)35-28(2,3)4/h6-12,17-18,33H,5,13-16,19H2,1-4H3. The summed E-state index contributed by atoms with van der Waals surface area (Å²) in [6.07, 6.45) is 0.960. The van der Waals surface area contributed by atoms with E-state index < -0.39 is 11.6 Å². The Bertz CT molecular complexity index is 1160. The Morgan fingerprint density at radius 3 is 2.31 bits per heavy atom. The fraction of sp³-hybridized carbons (Fsp3) is 0.393. The largest absolute Gasteiger partial charge is 0.508 e. The first-order chi connectivity index (χ1) is 16.7. The maximum Gasteiger partial charge on any atom is 0.359 e. The lowest BCUT2D eigenvalue weighted by Gasteiger charge is -2.35. The van der Waals surface area contributed by atoms with Crippen molar-refractivity contribution in [3.63, 3.8) is 0 Å². The van der Waals surface area contributed by atoms with Gasteiger partial charge in [0.25, 0.3) is 0 Å². The number of ether oxygens (including phenoxy) is 1. The Balaban J connectivity index is 1.36. The minimum atomic E-state index is -0.559. The highest BCUT2D eigenvalue weighted by molar-refractivity contribution is 5.87. The third-order valence-electron chi connectivity index (χ3n) is 6.12. The number of benzene rings is 2. The molecule has 1 fully saturated rings. The van der Waals surface area contributed by atoms with Gasteiger partial charge < -0.3 is 14.7 Å². The lowest BCUT2D eigenvalue weighted by Crippen LogP contribution is -2.46. The molecule has 0 amide bonds. The molecule has 3 aromatic rings. The molecule has 0 aliphatic carbocycles. The molecule has 0 atom stereocenters. The number of hydrogen-bond donors (Lipinski definition) is 1. The molecule has 1 aliphatic rings. The van der Waals surface area contributed by atoms with Gasteiger partial charge in [-0.1, -0.05) is 37.3 Å². The Hall–Kier alpha value is -3.45. The number of aromatic hydroxyl groups is 1. The van der Waals surface area contributed by atoms with Crippen molar-refractivity contribution >= 4 is 11.8 Å². The smallest absolute Gasteiger partial charge is 0.359 e. The molecule has 2 heterocycles. The molecule has 35 heavy (non-hydrogen) atoms. The van der Waals surface area contributed by atoms with E-state index in [4.69, 9.17) is 4.74 Å². The van der Waals surface area contributed by atoms with E-state index in [9.17, 15) is 9.90 Å². The maximum atomic E-state index is 12.2. The summed E-state index contributed by atoms with van der Waals surface area (Å²) in [4.78, 5) is 16.8. The van der Waals surface area contributed by atoms with Crippen LogP contribution < -0.4 is 4.90 Å². The molecule has 1 aliphatic heterocycles. The van der Waals surface area contributed by atoms with Gasteiger partial charge >= 0.3 is 5.97 Å². The van der Waals surface area contributed by atoms with Gasteiger partial charge in [-0.3, -0.25) is 4.90 Å². The van der Waals surface area contributed by atoms with Crippen LogP contribution in [0, 0.1) is 0 Å². The van der Waals surface area contributed by atoms with Crippen LogP contribution in [0.15, 0.2) is 54.6 Å². The van der Waals surface area contributed by atoms with E-state index >= 15 is 0 Å². The van der Waals surface area contributed by atoms with Crippen LogP contribution in [0.3, 0.4) is 0 Å². The highest BCUT2D eigenvalue weighted by atomic mass is 16.6. The SMILES string of the molecule is CCc1cc(-c2cccc(O)c2)ccc1CN1CCN(c2ccc(C(=O)OC(C)(C)C)nn2)CC1. The van der Waals surface area contributed by atoms with Crippen molar-refractivity contribution in [3.05, 3.63) is 71.4 Å². The highest BCUT2D eigenvalue weighted by Crippen LogP contribution is 2.27. The quantitative estimate of drug-likeness (QED) is 0.519. The Morgan fingerprint density at radius 2 is 1.69 bits per heavy atom. The van der Waals surface area contributed by atoms with Gasteiger partial charge in [-0.2, -0.15) is 0 Å². The number of nitrogens with zero attached hydrogens (tertiary/aromatic N) is 4. The zero-order valence-electron chi connectivity index (χ0n) is 21.0. The first-order valence-electron chi connectivity index (χ1n) is 12.2. The molecule has 1 N–H and O–H groups in total. The molecule has 4 rings (SSSR count). The molecule has 1 aromatic heterocycles. The van der Waals surface area contributed by atoms with Crippen molar-refractivity contribution in [3.8, 4) is 16.9 Å². The maximum absolute atomic E-state index is 12.2. The van der Waals surface area contributed by atoms with Crippen molar-refractivity contribution < 1.29 is 14.6 Å². The molecule has 0 unspecified atom stereocenters. The number of phenols is 1. The topological polar surface area (TPSA) is 78.8 Å². The van der Waals surface area contributed by atoms with Crippen LogP contribution in [0.1, 0.15) is 49.3 Å². The molecule has 184 valence electrons. The van der Waals surface area contributed by atoms with Crippen LogP contribution in [-0.4, -0.2) is 58.0 Å². The number of aryl methyl sites for hydroxylation is 1. The summed E-state index contributed by atoms with van der Waals surface area (Å²) in [5, 5.41) is 18.2. The van der Waals surface area contributed by atoms with Gasteiger partial charge in [0.05, 0.1) is 0 Å². The van der Waals surface area contributed by atoms with Crippen molar-refractivity contribution in [2.75, 3.05) is 31.1 Å². The van der Waals surface area contributed by atoms with E-state index in [1.807, 2.05) is 39.0 Å². The van der Waals surface area contributed by atoms with E-state index in [1.165, 1.54) is 11.1 Å². The van der Waals surface area contributed by atoms with Gasteiger partial charge in [0.1, 0.15) is 11.4 Å². The predicted molar refractivity (Wildman–Crippen MR) is 138 cm³/mol. The minimum absolute atomic E-state index is 0.226. The number of piperazine rings is 1. The van der Waals surface area contributed by atoms with Gasteiger partial charge in [0.15, 0.2) is 11.5 Å². The Morgan fingerprint density at radius 1 is 0.943 bits per heavy atom. The molecule has 0 radical (unpaired) electrons. The first-order valence-corrected chi connectivity index (χ1v) is 12.2. The molecular weight excluding hydrogens is 440 g/mol. The van der Waals surface area contributed by atoms with E-state index in [-0.39, 0.29) is 11.4 Å². The molecule has 1 saturated heterocycles. The lowest BCUT2D eigenvalue weighted by atomic mass is 9.97. The number of rotatable bonds is 6. The van der Waals surface area contributed by atoms with Gasteiger partial charge in [-0.25, -0.2) is 4.79 Å². The normalized spacial score (nSPS) is 14.7. The summed E-state index contributed by atoms with van der Waals surface area (Å²) in [7, 11) is 0. The number of carbonyl (C=O) groups is 1. The number of anilines is 1. The van der Waals surface area contributed by atoms with Crippen LogP contribution in [0.25, 0.3) is 11.1 Å². The van der Waals surface area contributed by atoms with Gasteiger partial charge in [-0.05, 0) is 73.7 Å². The summed E-state index contributed by atoms with van der Waals surface area (Å²) in [5.41, 5.74) is 4.49. The Kier molecular flexibility index (Phi) is 7.36. The predicted octanol–water partition coefficient (Wildman–Crippen LogP) is 4.69. The van der Waals surface area contributed by atoms with Crippen molar-refractivity contribution in [2.45, 2.75) is 46.3 Å². The lowest BCUT2D eigenvalue weighted by molar-refractivity contribution is 0.00616. The van der Waals surface area contributed by atoms with Crippen LogP contribution in [-0.2, 0) is 17.7 Å². The summed E-state index contributed by atoms with van der Waals surface area (Å²) < 4.78 is 5.36. The minimum Gasteiger partial charge on any atom is -0.508 e. The fourth-order valence-electron chi connectivity index (χ4n) is 4.28. The Labute approximate surface area is 207 Å². The summed E-state index contributed by atoms with van der Waals surface area (Å²) in [5.74, 6) is 0.608. The van der Waals surface area contributed by atoms with Crippen LogP contribution in [0.5, 0.6) is 5.75 Å². The number of phenolic OH excluding ortho intramolecular Hbond substituents is 1. The molecule has 2 aromatic carbocycles. The summed E-state index contributed by atoms with van der Waals surface area (Å²) >= 11 is 0. The van der Waals surface area contributed by atoms with Gasteiger partial charge in [0, 0.05) is 32.7 Å². The van der Waals surface area contributed by atoms with Gasteiger partial charge in [0.2, 0.25) is 0 Å². The first kappa shape index (κ1) is 24.7. The van der Waals surface area contributed by atoms with Crippen molar-refractivity contribution in [2.24, 2.45) is 0 Å². The third-order valence-corrected chi connectivity index (χ3v) is 6.12. The average Bonchev–Trinajstić information content (AvgIpc) is 2.84. The van der Waals surface area contributed by atoms with Crippen LogP contribution >= 0.6 is 0 Å². The second-order valence-corrected chi connectivity index (χ2v) is 9.93.